The van der Waals surface area contributed by atoms with Gasteiger partial charge in [0.2, 0.25) is 5.91 Å². The average molecular weight is 602 g/mol. The molecule has 0 aliphatic heterocycles. The van der Waals surface area contributed by atoms with Crippen molar-refractivity contribution in [2.24, 2.45) is 5.92 Å². The maximum Gasteiger partial charge on any atom is 0.407 e. The number of hydrogen-bond acceptors (Lipinski definition) is 4. The summed E-state index contributed by atoms with van der Waals surface area (Å²) >= 11 is 6.53. The lowest BCUT2D eigenvalue weighted by molar-refractivity contribution is -0.119. The second-order valence-corrected chi connectivity index (χ2v) is 9.98. The Balaban J connectivity index is 1.34. The summed E-state index contributed by atoms with van der Waals surface area (Å²) in [4.78, 5) is 36.6. The van der Waals surface area contributed by atoms with Crippen LogP contribution in [0.1, 0.15) is 34.3 Å². The van der Waals surface area contributed by atoms with Crippen LogP contribution in [0.15, 0.2) is 69.6 Å². The van der Waals surface area contributed by atoms with Crippen LogP contribution in [0.5, 0.6) is 0 Å². The molecule has 0 saturated carbocycles. The number of hydrogen-bond donors (Lipinski definition) is 3. The number of rotatable bonds is 7. The molecule has 3 aromatic rings. The minimum atomic E-state index is -1.17. The van der Waals surface area contributed by atoms with Crippen LogP contribution in [0.25, 0.3) is 11.1 Å². The van der Waals surface area contributed by atoms with Gasteiger partial charge in [0.1, 0.15) is 6.61 Å². The van der Waals surface area contributed by atoms with Crippen molar-refractivity contribution in [1.82, 2.24) is 5.32 Å². The maximum atomic E-state index is 12.6. The number of amides is 2. The topological polar surface area (TPSA) is 105 Å². The molecule has 7 nitrogen and oxygen atoms in total. The standard InChI is InChI=1S/C26H22Br2N2O5/c1-14(24(31)30-23-20(25(32)33)10-15(27)11-22(23)28)12-29-26(34)35-13-21-18-8-4-2-6-16(18)17-7-3-5-9-19(17)21/h2-11,14,21H,12-13H2,1H3,(H,29,34)(H,30,31)(H,32,33). The van der Waals surface area contributed by atoms with Crippen molar-refractivity contribution in [2.75, 3.05) is 18.5 Å². The molecule has 3 aromatic carbocycles. The molecule has 0 fully saturated rings. The number of carboxylic acids is 1. The van der Waals surface area contributed by atoms with Crippen LogP contribution in [0.2, 0.25) is 0 Å². The molecule has 35 heavy (non-hydrogen) atoms. The highest BCUT2D eigenvalue weighted by atomic mass is 79.9. The second-order valence-electron chi connectivity index (χ2n) is 8.21. The Kier molecular flexibility index (Phi) is 7.57. The van der Waals surface area contributed by atoms with Gasteiger partial charge in [-0.25, -0.2) is 9.59 Å². The van der Waals surface area contributed by atoms with E-state index in [1.807, 2.05) is 36.4 Å². The Morgan fingerprint density at radius 2 is 1.60 bits per heavy atom. The fraction of sp³-hybridized carbons (Fsp3) is 0.192. The normalized spacial score (nSPS) is 12.9. The van der Waals surface area contributed by atoms with Crippen molar-refractivity contribution in [1.29, 1.82) is 0 Å². The number of benzene rings is 3. The van der Waals surface area contributed by atoms with Gasteiger partial charge in [0.05, 0.1) is 17.2 Å². The number of carboxylic acid groups (broad SMARTS) is 1. The molecular formula is C26H22Br2N2O5. The van der Waals surface area contributed by atoms with E-state index in [1.165, 1.54) is 6.07 Å². The first-order valence-corrected chi connectivity index (χ1v) is 12.5. The van der Waals surface area contributed by atoms with Gasteiger partial charge in [0.25, 0.3) is 0 Å². The molecule has 3 N–H and O–H groups in total. The number of fused-ring (bicyclic) bond motifs is 3. The molecule has 1 atom stereocenters. The molecule has 180 valence electrons. The van der Waals surface area contributed by atoms with Gasteiger partial charge in [-0.2, -0.15) is 0 Å². The van der Waals surface area contributed by atoms with Gasteiger partial charge >= 0.3 is 12.1 Å². The third-order valence-electron chi connectivity index (χ3n) is 5.88. The molecule has 0 bridgehead atoms. The number of carbonyl (C=O) groups is 3. The van der Waals surface area contributed by atoms with E-state index in [1.54, 1.807) is 13.0 Å². The van der Waals surface area contributed by atoms with Crippen LogP contribution in [0, 0.1) is 5.92 Å². The molecular weight excluding hydrogens is 580 g/mol. The van der Waals surface area contributed by atoms with Crippen molar-refractivity contribution in [3.8, 4) is 11.1 Å². The third kappa shape index (κ3) is 5.41. The van der Waals surface area contributed by atoms with E-state index in [2.05, 4.69) is 54.6 Å². The number of aromatic carboxylic acids is 1. The Bertz CT molecular complexity index is 1270. The van der Waals surface area contributed by atoms with E-state index in [0.717, 1.165) is 22.3 Å². The summed E-state index contributed by atoms with van der Waals surface area (Å²) in [7, 11) is 0. The summed E-state index contributed by atoms with van der Waals surface area (Å²) in [5, 5.41) is 14.7. The molecule has 4 rings (SSSR count). The molecule has 1 unspecified atom stereocenters. The minimum absolute atomic E-state index is 0.0268. The molecule has 1 aliphatic rings. The van der Waals surface area contributed by atoms with Crippen LogP contribution >= 0.6 is 31.9 Å². The zero-order chi connectivity index (χ0) is 25.1. The summed E-state index contributed by atoms with van der Waals surface area (Å²) in [6.07, 6.45) is -0.623. The molecule has 0 spiro atoms. The van der Waals surface area contributed by atoms with Gasteiger partial charge in [0.15, 0.2) is 0 Å². The monoisotopic (exact) mass is 600 g/mol. The first kappa shape index (κ1) is 24.9. The predicted molar refractivity (Wildman–Crippen MR) is 140 cm³/mol. The summed E-state index contributed by atoms with van der Waals surface area (Å²) in [5.41, 5.74) is 4.60. The Morgan fingerprint density at radius 3 is 2.20 bits per heavy atom. The molecule has 0 radical (unpaired) electrons. The van der Waals surface area contributed by atoms with Crippen LogP contribution in [0.3, 0.4) is 0 Å². The van der Waals surface area contributed by atoms with Crippen molar-refractivity contribution >= 4 is 55.5 Å². The van der Waals surface area contributed by atoms with Crippen molar-refractivity contribution in [2.45, 2.75) is 12.8 Å². The molecule has 2 amide bonds. The zero-order valence-corrected chi connectivity index (χ0v) is 21.9. The van der Waals surface area contributed by atoms with E-state index in [-0.39, 0.29) is 30.3 Å². The summed E-state index contributed by atoms with van der Waals surface area (Å²) in [5.74, 6) is -2.30. The third-order valence-corrected chi connectivity index (χ3v) is 6.96. The van der Waals surface area contributed by atoms with E-state index in [9.17, 15) is 19.5 Å². The highest BCUT2D eigenvalue weighted by Crippen LogP contribution is 2.44. The van der Waals surface area contributed by atoms with Crippen molar-refractivity contribution < 1.29 is 24.2 Å². The smallest absolute Gasteiger partial charge is 0.407 e. The molecule has 0 heterocycles. The Hall–Kier alpha value is -3.17. The van der Waals surface area contributed by atoms with Crippen molar-refractivity contribution in [3.63, 3.8) is 0 Å². The van der Waals surface area contributed by atoms with E-state index in [4.69, 9.17) is 4.74 Å². The SMILES string of the molecule is CC(CNC(=O)OCC1c2ccccc2-c2ccccc21)C(=O)Nc1c(Br)cc(Br)cc1C(=O)O. The van der Waals surface area contributed by atoms with Gasteiger partial charge in [-0.15, -0.1) is 0 Å². The van der Waals surface area contributed by atoms with Crippen LogP contribution in [-0.2, 0) is 9.53 Å². The highest BCUT2D eigenvalue weighted by Gasteiger charge is 2.29. The molecule has 1 aliphatic carbocycles. The maximum absolute atomic E-state index is 12.6. The van der Waals surface area contributed by atoms with Gasteiger partial charge in [-0.3, -0.25) is 4.79 Å². The van der Waals surface area contributed by atoms with E-state index < -0.39 is 23.9 Å². The number of anilines is 1. The zero-order valence-electron chi connectivity index (χ0n) is 18.7. The lowest BCUT2D eigenvalue weighted by atomic mass is 9.98. The fourth-order valence-corrected chi connectivity index (χ4v) is 5.42. The Morgan fingerprint density at radius 1 is 1.00 bits per heavy atom. The fourth-order valence-electron chi connectivity index (χ4n) is 4.09. The van der Waals surface area contributed by atoms with Gasteiger partial charge in [-0.1, -0.05) is 71.4 Å². The van der Waals surface area contributed by atoms with Gasteiger partial charge < -0.3 is 20.5 Å². The molecule has 0 aromatic heterocycles. The van der Waals surface area contributed by atoms with Crippen molar-refractivity contribution in [3.05, 3.63) is 86.3 Å². The first-order valence-electron chi connectivity index (χ1n) is 10.9. The quantitative estimate of drug-likeness (QED) is 0.307. The summed E-state index contributed by atoms with van der Waals surface area (Å²) < 4.78 is 6.48. The van der Waals surface area contributed by atoms with Gasteiger partial charge in [0, 0.05) is 21.4 Å². The lowest BCUT2D eigenvalue weighted by Gasteiger charge is -2.17. The minimum Gasteiger partial charge on any atom is -0.478 e. The average Bonchev–Trinajstić information content (AvgIpc) is 3.16. The van der Waals surface area contributed by atoms with E-state index >= 15 is 0 Å². The summed E-state index contributed by atoms with van der Waals surface area (Å²) in [6, 6.07) is 19.2. The largest absolute Gasteiger partial charge is 0.478 e. The number of alkyl carbamates (subject to hydrolysis) is 1. The highest BCUT2D eigenvalue weighted by molar-refractivity contribution is 9.11. The number of nitrogens with one attached hydrogen (secondary N) is 2. The second kappa shape index (κ2) is 10.6. The number of carbonyl (C=O) groups excluding carboxylic acids is 2. The Labute approximate surface area is 219 Å². The number of halogens is 2. The van der Waals surface area contributed by atoms with Gasteiger partial charge in [-0.05, 0) is 50.3 Å². The summed E-state index contributed by atoms with van der Waals surface area (Å²) in [6.45, 7) is 1.83. The predicted octanol–water partition coefficient (Wildman–Crippen LogP) is 6.02. The van der Waals surface area contributed by atoms with E-state index in [0.29, 0.717) is 8.95 Å². The molecule has 9 heteroatoms. The molecule has 0 saturated heterocycles. The first-order chi connectivity index (χ1) is 16.8. The lowest BCUT2D eigenvalue weighted by Crippen LogP contribution is -2.35. The van der Waals surface area contributed by atoms with Crippen LogP contribution < -0.4 is 10.6 Å². The van der Waals surface area contributed by atoms with Crippen LogP contribution in [0.4, 0.5) is 10.5 Å². The number of ether oxygens (including phenoxy) is 1. The van der Waals surface area contributed by atoms with Crippen LogP contribution in [-0.4, -0.2) is 36.2 Å².